The Balaban J connectivity index is 1.56. The van der Waals surface area contributed by atoms with E-state index in [1.807, 2.05) is 6.07 Å². The first-order chi connectivity index (χ1) is 10.8. The lowest BCUT2D eigenvalue weighted by atomic mass is 10.2. The van der Waals surface area contributed by atoms with Gasteiger partial charge in [0.1, 0.15) is 5.82 Å². The Morgan fingerprint density at radius 2 is 2.09 bits per heavy atom. The van der Waals surface area contributed by atoms with Crippen molar-refractivity contribution >= 4 is 5.82 Å². The molecule has 1 saturated heterocycles. The standard InChI is InChI=1S/C16H19FN4O/c17-14-3-1-2-13(10-14)4-9-22-16-12-19-11-15(20-16)21-7-5-18-6-8-21/h1-3,10-12,18H,4-9H2. The number of aromatic nitrogens is 2. The number of hydrogen-bond acceptors (Lipinski definition) is 5. The van der Waals surface area contributed by atoms with Gasteiger partial charge in [0.05, 0.1) is 19.0 Å². The van der Waals surface area contributed by atoms with Crippen molar-refractivity contribution in [2.75, 3.05) is 37.7 Å². The van der Waals surface area contributed by atoms with Crippen LogP contribution in [0.1, 0.15) is 5.56 Å². The third-order valence-electron chi connectivity index (χ3n) is 3.57. The molecule has 0 unspecified atom stereocenters. The molecule has 5 nitrogen and oxygen atoms in total. The number of benzene rings is 1. The Kier molecular flexibility index (Phi) is 4.80. The van der Waals surface area contributed by atoms with Crippen molar-refractivity contribution in [3.63, 3.8) is 0 Å². The van der Waals surface area contributed by atoms with Crippen molar-refractivity contribution in [3.05, 3.63) is 48.0 Å². The molecule has 0 bridgehead atoms. The molecule has 1 fully saturated rings. The highest BCUT2D eigenvalue weighted by Crippen LogP contribution is 2.15. The molecule has 0 aliphatic carbocycles. The summed E-state index contributed by atoms with van der Waals surface area (Å²) in [6.07, 6.45) is 4.00. The lowest BCUT2D eigenvalue weighted by Gasteiger charge is -2.28. The van der Waals surface area contributed by atoms with Crippen LogP contribution in [0, 0.1) is 5.82 Å². The monoisotopic (exact) mass is 302 g/mol. The average molecular weight is 302 g/mol. The van der Waals surface area contributed by atoms with Crippen LogP contribution in [0.5, 0.6) is 5.88 Å². The minimum absolute atomic E-state index is 0.224. The van der Waals surface area contributed by atoms with Gasteiger partial charge in [0, 0.05) is 32.6 Å². The van der Waals surface area contributed by atoms with Crippen LogP contribution in [0.2, 0.25) is 0 Å². The smallest absolute Gasteiger partial charge is 0.234 e. The first-order valence-corrected chi connectivity index (χ1v) is 7.46. The van der Waals surface area contributed by atoms with Crippen LogP contribution in [0.3, 0.4) is 0 Å². The van der Waals surface area contributed by atoms with Crippen molar-refractivity contribution in [2.24, 2.45) is 0 Å². The zero-order valence-electron chi connectivity index (χ0n) is 12.3. The van der Waals surface area contributed by atoms with Crippen molar-refractivity contribution < 1.29 is 9.13 Å². The predicted molar refractivity (Wildman–Crippen MR) is 82.7 cm³/mol. The zero-order valence-corrected chi connectivity index (χ0v) is 12.3. The average Bonchev–Trinajstić information content (AvgIpc) is 2.56. The molecule has 0 atom stereocenters. The number of piperazine rings is 1. The Bertz CT molecular complexity index is 617. The molecule has 22 heavy (non-hydrogen) atoms. The molecule has 0 amide bonds. The maximum atomic E-state index is 13.1. The molecule has 1 aliphatic heterocycles. The summed E-state index contributed by atoms with van der Waals surface area (Å²) in [7, 11) is 0. The Morgan fingerprint density at radius 3 is 2.91 bits per heavy atom. The molecule has 1 N–H and O–H groups in total. The van der Waals surface area contributed by atoms with Crippen molar-refractivity contribution in [1.29, 1.82) is 0 Å². The number of nitrogens with one attached hydrogen (secondary N) is 1. The van der Waals surface area contributed by atoms with Crippen LogP contribution in [0.4, 0.5) is 10.2 Å². The van der Waals surface area contributed by atoms with Gasteiger partial charge in [-0.2, -0.15) is 4.98 Å². The first-order valence-electron chi connectivity index (χ1n) is 7.46. The van der Waals surface area contributed by atoms with E-state index < -0.39 is 0 Å². The van der Waals surface area contributed by atoms with Gasteiger partial charge in [-0.3, -0.25) is 4.98 Å². The van der Waals surface area contributed by atoms with Gasteiger partial charge in [-0.1, -0.05) is 12.1 Å². The van der Waals surface area contributed by atoms with Crippen molar-refractivity contribution in [1.82, 2.24) is 15.3 Å². The second-order valence-corrected chi connectivity index (χ2v) is 5.18. The summed E-state index contributed by atoms with van der Waals surface area (Å²) in [5.41, 5.74) is 0.909. The maximum Gasteiger partial charge on any atom is 0.234 e. The van der Waals surface area contributed by atoms with Crippen molar-refractivity contribution in [3.8, 4) is 5.88 Å². The van der Waals surface area contributed by atoms with Crippen LogP contribution in [-0.2, 0) is 6.42 Å². The minimum Gasteiger partial charge on any atom is -0.476 e. The molecule has 6 heteroatoms. The van der Waals surface area contributed by atoms with Crippen LogP contribution in [0.15, 0.2) is 36.7 Å². The van der Waals surface area contributed by atoms with Crippen LogP contribution in [0.25, 0.3) is 0 Å². The summed E-state index contributed by atoms with van der Waals surface area (Å²) in [6, 6.07) is 6.55. The van der Waals surface area contributed by atoms with Crippen LogP contribution < -0.4 is 15.0 Å². The SMILES string of the molecule is Fc1cccc(CCOc2cncc(N3CCNCC3)n2)c1. The second-order valence-electron chi connectivity index (χ2n) is 5.18. The van der Waals surface area contributed by atoms with Crippen LogP contribution in [-0.4, -0.2) is 42.8 Å². The minimum atomic E-state index is -0.224. The van der Waals surface area contributed by atoms with Gasteiger partial charge in [0.25, 0.3) is 0 Å². The lowest BCUT2D eigenvalue weighted by Crippen LogP contribution is -2.43. The maximum absolute atomic E-state index is 13.1. The number of ether oxygens (including phenoxy) is 1. The molecule has 1 aromatic heterocycles. The molecule has 3 rings (SSSR count). The molecule has 1 aromatic carbocycles. The van der Waals surface area contributed by atoms with Gasteiger partial charge >= 0.3 is 0 Å². The fourth-order valence-corrected chi connectivity index (χ4v) is 2.42. The van der Waals surface area contributed by atoms with Crippen LogP contribution >= 0.6 is 0 Å². The number of rotatable bonds is 5. The second kappa shape index (κ2) is 7.17. The molecule has 2 aromatic rings. The van der Waals surface area contributed by atoms with Gasteiger partial charge in [-0.15, -0.1) is 0 Å². The Morgan fingerprint density at radius 1 is 1.23 bits per heavy atom. The Hall–Kier alpha value is -2.21. The number of nitrogens with zero attached hydrogens (tertiary/aromatic N) is 3. The van der Waals surface area contributed by atoms with E-state index in [1.165, 1.54) is 12.1 Å². The van der Waals surface area contributed by atoms with E-state index in [0.717, 1.165) is 37.6 Å². The molecule has 2 heterocycles. The summed E-state index contributed by atoms with van der Waals surface area (Å²) in [4.78, 5) is 10.9. The van der Waals surface area contributed by atoms with Gasteiger partial charge in [-0.25, -0.2) is 4.39 Å². The largest absolute Gasteiger partial charge is 0.476 e. The third-order valence-corrected chi connectivity index (χ3v) is 3.57. The summed E-state index contributed by atoms with van der Waals surface area (Å²) in [6.45, 7) is 4.19. The van der Waals surface area contributed by atoms with E-state index >= 15 is 0 Å². The fourth-order valence-electron chi connectivity index (χ4n) is 2.42. The van der Waals surface area contributed by atoms with E-state index in [0.29, 0.717) is 18.9 Å². The first kappa shape index (κ1) is 14.7. The van der Waals surface area contributed by atoms with Crippen molar-refractivity contribution in [2.45, 2.75) is 6.42 Å². The highest BCUT2D eigenvalue weighted by Gasteiger charge is 2.12. The van der Waals surface area contributed by atoms with E-state index in [-0.39, 0.29) is 5.82 Å². The number of halogens is 1. The van der Waals surface area contributed by atoms with E-state index in [2.05, 4.69) is 20.2 Å². The summed E-state index contributed by atoms with van der Waals surface area (Å²) in [5.74, 6) is 1.12. The molecule has 0 spiro atoms. The number of anilines is 1. The molecule has 1 aliphatic rings. The third kappa shape index (κ3) is 3.92. The highest BCUT2D eigenvalue weighted by atomic mass is 19.1. The van der Waals surface area contributed by atoms with Gasteiger partial charge in [-0.05, 0) is 17.7 Å². The van der Waals surface area contributed by atoms with Gasteiger partial charge < -0.3 is 15.0 Å². The summed E-state index contributed by atoms with van der Waals surface area (Å²) >= 11 is 0. The quantitative estimate of drug-likeness (QED) is 0.910. The molecular formula is C16H19FN4O. The van der Waals surface area contributed by atoms with Gasteiger partial charge in [0.2, 0.25) is 5.88 Å². The topological polar surface area (TPSA) is 50.3 Å². The fraction of sp³-hybridized carbons (Fsp3) is 0.375. The molecule has 0 saturated carbocycles. The number of hydrogen-bond donors (Lipinski definition) is 1. The predicted octanol–water partition coefficient (Wildman–Crippen LogP) is 1.65. The highest BCUT2D eigenvalue weighted by molar-refractivity contribution is 5.38. The van der Waals surface area contributed by atoms with E-state index in [4.69, 9.17) is 4.74 Å². The molecular weight excluding hydrogens is 283 g/mol. The Labute approximate surface area is 129 Å². The van der Waals surface area contributed by atoms with E-state index in [9.17, 15) is 4.39 Å². The lowest BCUT2D eigenvalue weighted by molar-refractivity contribution is 0.308. The normalized spacial score (nSPS) is 14.9. The summed E-state index contributed by atoms with van der Waals surface area (Å²) in [5, 5.41) is 3.30. The van der Waals surface area contributed by atoms with E-state index in [1.54, 1.807) is 18.5 Å². The molecule has 0 radical (unpaired) electrons. The van der Waals surface area contributed by atoms with Gasteiger partial charge in [0.15, 0.2) is 5.82 Å². The molecule has 116 valence electrons. The zero-order chi connectivity index (χ0) is 15.2. The summed E-state index contributed by atoms with van der Waals surface area (Å²) < 4.78 is 18.7.